The second-order valence-corrected chi connectivity index (χ2v) is 14.1. The van der Waals surface area contributed by atoms with Crippen molar-refractivity contribution in [3.63, 3.8) is 0 Å². The fourth-order valence-corrected chi connectivity index (χ4v) is 11.4. The molecule has 0 aliphatic heterocycles. The van der Waals surface area contributed by atoms with Gasteiger partial charge in [-0.1, -0.05) is 0 Å². The average molecular weight is 578 g/mol. The number of rotatable bonds is 1. The van der Waals surface area contributed by atoms with E-state index in [0.29, 0.717) is 0 Å². The van der Waals surface area contributed by atoms with Crippen LogP contribution in [0.2, 0.25) is 0 Å². The first-order valence-electron chi connectivity index (χ1n) is 12.4. The van der Waals surface area contributed by atoms with Gasteiger partial charge >= 0.3 is 24.7 Å². The molecule has 8 fully saturated rings. The van der Waals surface area contributed by atoms with E-state index in [2.05, 4.69) is 0 Å². The Morgan fingerprint density at radius 2 is 0.500 bits per heavy atom. The maximum absolute atomic E-state index is 16.2. The van der Waals surface area contributed by atoms with E-state index in [9.17, 15) is 52.7 Å². The third kappa shape index (κ3) is 3.01. The van der Waals surface area contributed by atoms with E-state index >= 15 is 8.78 Å². The lowest BCUT2D eigenvalue weighted by molar-refractivity contribution is -0.417. The maximum atomic E-state index is 16.2. The molecule has 0 radical (unpaired) electrons. The molecule has 14 heteroatoms. The lowest BCUT2D eigenvalue weighted by atomic mass is 9.27. The Kier molecular flexibility index (Phi) is 4.59. The summed E-state index contributed by atoms with van der Waals surface area (Å²) >= 11 is 0. The molecule has 8 bridgehead atoms. The Balaban J connectivity index is 1.62. The number of hydrogen-bond donors (Lipinski definition) is 0. The Hall–Kier alpha value is -0.980. The van der Waals surface area contributed by atoms with Crippen molar-refractivity contribution in [1.29, 1.82) is 0 Å². The van der Waals surface area contributed by atoms with E-state index in [1.165, 1.54) is 0 Å². The van der Waals surface area contributed by atoms with Crippen molar-refractivity contribution in [3.05, 3.63) is 0 Å². The number of alkyl halides is 14. The summed E-state index contributed by atoms with van der Waals surface area (Å²) in [6, 6.07) is 0. The van der Waals surface area contributed by atoms with Crippen LogP contribution in [0.3, 0.4) is 0 Å². The Morgan fingerprint density at radius 1 is 0.289 bits per heavy atom. The molecule has 0 nitrogen and oxygen atoms in total. The molecular weight excluding hydrogens is 554 g/mol. The summed E-state index contributed by atoms with van der Waals surface area (Å²) in [6.07, 6.45) is -37.0. The molecule has 8 saturated carbocycles. The highest BCUT2D eigenvalue weighted by atomic mass is 19.4. The molecule has 0 aromatic heterocycles. The lowest BCUT2D eigenvalue weighted by Gasteiger charge is -2.78. The minimum Gasteiger partial charge on any atom is -0.244 e. The Labute approximate surface area is 207 Å². The predicted octanol–water partition coefficient (Wildman–Crippen LogP) is 9.33. The first kappa shape index (κ1) is 27.2. The molecule has 8 rings (SSSR count). The minimum atomic E-state index is -5.40. The van der Waals surface area contributed by atoms with Gasteiger partial charge in [-0.05, 0) is 87.9 Å². The minimum absolute atomic E-state index is 1.03. The van der Waals surface area contributed by atoms with Crippen molar-refractivity contribution in [2.75, 3.05) is 0 Å². The van der Waals surface area contributed by atoms with Gasteiger partial charge in [0, 0.05) is 0 Å². The van der Waals surface area contributed by atoms with Crippen LogP contribution in [0.5, 0.6) is 0 Å². The molecule has 0 saturated heterocycles. The molecule has 38 heavy (non-hydrogen) atoms. The van der Waals surface area contributed by atoms with E-state index in [-0.39, 0.29) is 0 Å². The third-order valence-electron chi connectivity index (χ3n) is 11.5. The molecule has 0 amide bonds. The van der Waals surface area contributed by atoms with Gasteiger partial charge in [0.05, 0.1) is 21.7 Å². The molecule has 8 aliphatic rings. The largest absolute Gasteiger partial charge is 0.394 e. The van der Waals surface area contributed by atoms with E-state index in [0.717, 1.165) is 0 Å². The van der Waals surface area contributed by atoms with Crippen LogP contribution in [-0.4, -0.2) is 36.0 Å². The van der Waals surface area contributed by atoms with Crippen LogP contribution in [0.15, 0.2) is 0 Å². The van der Waals surface area contributed by atoms with E-state index < -0.39 is 146 Å². The average Bonchev–Trinajstić information content (AvgIpc) is 2.60. The topological polar surface area (TPSA) is 0 Å². The van der Waals surface area contributed by atoms with Gasteiger partial charge in [-0.15, -0.1) is 0 Å². The van der Waals surface area contributed by atoms with Gasteiger partial charge in [0.25, 0.3) is 0 Å². The quantitative estimate of drug-likeness (QED) is 0.272. The van der Waals surface area contributed by atoms with E-state index in [1.54, 1.807) is 0 Å². The van der Waals surface area contributed by atoms with E-state index in [1.807, 2.05) is 0 Å². The summed E-state index contributed by atoms with van der Waals surface area (Å²) in [5.74, 6) is 0. The monoisotopic (exact) mass is 578 g/mol. The van der Waals surface area contributed by atoms with Gasteiger partial charge in [-0.25, -0.2) is 8.78 Å². The van der Waals surface area contributed by atoms with Crippen molar-refractivity contribution in [1.82, 2.24) is 0 Å². The molecule has 4 atom stereocenters. The summed E-state index contributed by atoms with van der Waals surface area (Å²) < 4.78 is 206. The van der Waals surface area contributed by atoms with Crippen molar-refractivity contribution < 1.29 is 61.5 Å². The highest BCUT2D eigenvalue weighted by Crippen LogP contribution is 2.88. The second kappa shape index (κ2) is 6.41. The fourth-order valence-electron chi connectivity index (χ4n) is 11.4. The zero-order valence-corrected chi connectivity index (χ0v) is 19.8. The van der Waals surface area contributed by atoms with Crippen LogP contribution < -0.4 is 0 Å². The Morgan fingerprint density at radius 3 is 0.684 bits per heavy atom. The molecule has 8 aliphatic carbocycles. The van der Waals surface area contributed by atoms with Crippen LogP contribution in [0, 0.1) is 32.5 Å². The summed E-state index contributed by atoms with van der Waals surface area (Å²) in [5, 5.41) is 0. The zero-order valence-electron chi connectivity index (χ0n) is 19.8. The second-order valence-electron chi connectivity index (χ2n) is 14.1. The summed E-state index contributed by atoms with van der Waals surface area (Å²) in [4.78, 5) is 0. The lowest BCUT2D eigenvalue weighted by Crippen LogP contribution is -2.77. The van der Waals surface area contributed by atoms with Gasteiger partial charge in [0.1, 0.15) is 11.3 Å². The Bertz CT molecular complexity index is 916. The van der Waals surface area contributed by atoms with Crippen LogP contribution in [0.1, 0.15) is 77.0 Å². The summed E-state index contributed by atoms with van der Waals surface area (Å²) in [7, 11) is 0. The number of halogens is 14. The SMILES string of the molecule is FC12CC3(C(F)(F)F)CC(C(F)(F)F)(C1)CC(C14CC5(F)CC(C(F)(F)F)(CC(C(F)(F)F)(C5)C1)C4)(C2)C3. The van der Waals surface area contributed by atoms with Crippen LogP contribution in [0.4, 0.5) is 61.5 Å². The summed E-state index contributed by atoms with van der Waals surface area (Å²) in [5.41, 5.74) is -24.4. The van der Waals surface area contributed by atoms with Gasteiger partial charge < -0.3 is 0 Å². The highest BCUT2D eigenvalue weighted by Gasteiger charge is 2.88. The molecule has 0 aromatic carbocycles. The van der Waals surface area contributed by atoms with Crippen molar-refractivity contribution >= 4 is 0 Å². The molecule has 4 unspecified atom stereocenters. The van der Waals surface area contributed by atoms with Gasteiger partial charge in [0.2, 0.25) is 0 Å². The zero-order chi connectivity index (χ0) is 28.5. The van der Waals surface area contributed by atoms with Crippen LogP contribution in [0.25, 0.3) is 0 Å². The van der Waals surface area contributed by atoms with Crippen molar-refractivity contribution in [2.45, 2.75) is 113 Å². The summed E-state index contributed by atoms with van der Waals surface area (Å²) in [6.45, 7) is 0. The van der Waals surface area contributed by atoms with Gasteiger partial charge in [-0.2, -0.15) is 52.7 Å². The molecule has 0 N–H and O–H groups in total. The smallest absolute Gasteiger partial charge is 0.244 e. The standard InChI is InChI=1S/C24H24F14/c25-19-7-13(1-15(9-19,21(27,28)29)5-16(2-13,10-19)22(30,31)32)14-3-17(23(33,34)35)6-18(4-14,24(36,37)38)12-20(26,8-14)11-17/h1-12H2. The molecule has 0 heterocycles. The molecular formula is C24H24F14. The highest BCUT2D eigenvalue weighted by molar-refractivity contribution is 5.30. The fraction of sp³-hybridized carbons (Fsp3) is 1.00. The maximum Gasteiger partial charge on any atom is 0.394 e. The van der Waals surface area contributed by atoms with Gasteiger partial charge in [0.15, 0.2) is 0 Å². The molecule has 0 aromatic rings. The van der Waals surface area contributed by atoms with E-state index in [4.69, 9.17) is 0 Å². The van der Waals surface area contributed by atoms with Crippen LogP contribution >= 0.6 is 0 Å². The predicted molar refractivity (Wildman–Crippen MR) is 102 cm³/mol. The third-order valence-corrected chi connectivity index (χ3v) is 11.5. The van der Waals surface area contributed by atoms with Gasteiger partial charge in [-0.3, -0.25) is 0 Å². The molecule has 218 valence electrons. The first-order chi connectivity index (χ1) is 16.7. The molecule has 0 spiro atoms. The van der Waals surface area contributed by atoms with Crippen LogP contribution in [-0.2, 0) is 0 Å². The normalized spacial score (nSPS) is 54.2. The first-order valence-corrected chi connectivity index (χ1v) is 12.4. The number of hydrogen-bond acceptors (Lipinski definition) is 0. The van der Waals surface area contributed by atoms with Crippen molar-refractivity contribution in [2.24, 2.45) is 32.5 Å². The van der Waals surface area contributed by atoms with Crippen molar-refractivity contribution in [3.8, 4) is 0 Å².